The maximum absolute atomic E-state index is 8.52. The molecule has 0 saturated carbocycles. The predicted octanol–water partition coefficient (Wildman–Crippen LogP) is -1.34. The third-order valence-electron chi connectivity index (χ3n) is 0. The molecule has 0 aromatic carbocycles. The molecular formula is CoFeO4S. The van der Waals surface area contributed by atoms with Gasteiger partial charge >= 0.3 is 16.8 Å². The van der Waals surface area contributed by atoms with Gasteiger partial charge in [-0.1, -0.05) is 0 Å². The minimum absolute atomic E-state index is 0. The van der Waals surface area contributed by atoms with Crippen LogP contribution in [-0.4, -0.2) is 17.5 Å². The average molecular weight is 211 g/mol. The molecule has 0 bridgehead atoms. The molecule has 47 valence electrons. The van der Waals surface area contributed by atoms with E-state index in [1.807, 2.05) is 0 Å². The first-order chi connectivity index (χ1) is 2.00. The molecule has 0 aromatic heterocycles. The second-order valence-electron chi connectivity index (χ2n) is 0.408. The van der Waals surface area contributed by atoms with Crippen LogP contribution in [0.3, 0.4) is 0 Å². The van der Waals surface area contributed by atoms with Gasteiger partial charge in [0.25, 0.3) is 0 Å². The van der Waals surface area contributed by atoms with Gasteiger partial charge in [0.2, 0.25) is 0 Å². The fourth-order valence-electron chi connectivity index (χ4n) is 0. The van der Waals surface area contributed by atoms with Crippen LogP contribution in [0.1, 0.15) is 0 Å². The molecule has 0 aliphatic rings. The smallest absolute Gasteiger partial charge is 0.759 e. The Morgan fingerprint density at radius 3 is 1.14 bits per heavy atom. The molecule has 0 heterocycles. The molecule has 0 aliphatic heterocycles. The van der Waals surface area contributed by atoms with Crippen molar-refractivity contribution in [2.45, 2.75) is 0 Å². The zero-order valence-electron chi connectivity index (χ0n) is 2.73. The van der Waals surface area contributed by atoms with Gasteiger partial charge in [-0.2, -0.15) is 0 Å². The van der Waals surface area contributed by atoms with E-state index >= 15 is 0 Å². The van der Waals surface area contributed by atoms with E-state index in [4.69, 9.17) is 17.5 Å². The van der Waals surface area contributed by atoms with Crippen LogP contribution in [-0.2, 0) is 44.2 Å². The molecule has 0 aliphatic carbocycles. The molecular weight excluding hydrogens is 211 g/mol. The Bertz CT molecular complexity index is 94.9. The van der Waals surface area contributed by atoms with Gasteiger partial charge in [0, 0.05) is 27.5 Å². The summed E-state index contributed by atoms with van der Waals surface area (Å²) < 4.78 is 34.1. The van der Waals surface area contributed by atoms with E-state index in [0.717, 1.165) is 0 Å². The normalized spacial score (nSPS) is 8.29. The Kier molecular flexibility index (Phi) is 11.3. The first kappa shape index (κ1) is 15.7. The standard InChI is InChI=1S/Co.Fe.H2O4S/c;;1-5(2,3)4/h;;(H2,1,2,3,4)/q+2;;/p-2. The van der Waals surface area contributed by atoms with Gasteiger partial charge in [0.05, 0.1) is 0 Å². The summed E-state index contributed by atoms with van der Waals surface area (Å²) in [5.41, 5.74) is 0. The minimum Gasteiger partial charge on any atom is -0.759 e. The summed E-state index contributed by atoms with van der Waals surface area (Å²) in [6.07, 6.45) is 0. The quantitative estimate of drug-likeness (QED) is 0.282. The van der Waals surface area contributed by atoms with E-state index < -0.39 is 10.4 Å². The zero-order chi connectivity index (χ0) is 4.50. The van der Waals surface area contributed by atoms with E-state index in [1.54, 1.807) is 0 Å². The van der Waals surface area contributed by atoms with Crippen LogP contribution < -0.4 is 0 Å². The van der Waals surface area contributed by atoms with Crippen LogP contribution in [0.5, 0.6) is 0 Å². The van der Waals surface area contributed by atoms with Crippen LogP contribution in [0.25, 0.3) is 0 Å². The molecule has 1 radical (unpaired) electrons. The SMILES string of the molecule is O=S(=O)([O-])[O-].[Co+2].[Fe]. The summed E-state index contributed by atoms with van der Waals surface area (Å²) in [6.45, 7) is 0. The monoisotopic (exact) mass is 211 g/mol. The fraction of sp³-hybridized carbons (Fsp3) is 0. The van der Waals surface area contributed by atoms with Crippen molar-refractivity contribution in [3.8, 4) is 0 Å². The Morgan fingerprint density at radius 2 is 1.14 bits per heavy atom. The molecule has 4 nitrogen and oxygen atoms in total. The van der Waals surface area contributed by atoms with Gasteiger partial charge < -0.3 is 9.11 Å². The maximum Gasteiger partial charge on any atom is 2.00 e. The van der Waals surface area contributed by atoms with Crippen molar-refractivity contribution in [2.24, 2.45) is 0 Å². The van der Waals surface area contributed by atoms with E-state index in [9.17, 15) is 0 Å². The van der Waals surface area contributed by atoms with E-state index in [-0.39, 0.29) is 33.8 Å². The van der Waals surface area contributed by atoms with E-state index in [0.29, 0.717) is 0 Å². The first-order valence-corrected chi connectivity index (χ1v) is 2.00. The maximum atomic E-state index is 8.52. The third-order valence-corrected chi connectivity index (χ3v) is 0. The summed E-state index contributed by atoms with van der Waals surface area (Å²) in [5.74, 6) is 0. The molecule has 0 aromatic rings. The van der Waals surface area contributed by atoms with Crippen molar-refractivity contribution in [2.75, 3.05) is 0 Å². The van der Waals surface area contributed by atoms with Gasteiger partial charge in [-0.25, -0.2) is 0 Å². The molecule has 0 fully saturated rings. The first-order valence-electron chi connectivity index (χ1n) is 0.667. The van der Waals surface area contributed by atoms with E-state index in [1.165, 1.54) is 0 Å². The van der Waals surface area contributed by atoms with Crippen molar-refractivity contribution < 1.29 is 51.4 Å². The average Bonchev–Trinajstić information content (AvgIpc) is 0.722. The second-order valence-corrected chi connectivity index (χ2v) is 1.22. The second kappa shape index (κ2) is 5.04. The molecule has 0 unspecified atom stereocenters. The predicted molar refractivity (Wildman–Crippen MR) is 10.5 cm³/mol. The Balaban J connectivity index is -0.0000000800. The van der Waals surface area contributed by atoms with E-state index in [2.05, 4.69) is 0 Å². The molecule has 7 heteroatoms. The van der Waals surface area contributed by atoms with Gasteiger partial charge in [0.15, 0.2) is 0 Å². The van der Waals surface area contributed by atoms with Crippen molar-refractivity contribution in [3.63, 3.8) is 0 Å². The summed E-state index contributed by atoms with van der Waals surface area (Å²) in [5, 5.41) is 0. The summed E-state index contributed by atoms with van der Waals surface area (Å²) in [6, 6.07) is 0. The molecule has 7 heavy (non-hydrogen) atoms. The Hall–Kier alpha value is 0.896. The topological polar surface area (TPSA) is 80.3 Å². The van der Waals surface area contributed by atoms with Crippen molar-refractivity contribution >= 4 is 10.4 Å². The number of hydrogen-bond acceptors (Lipinski definition) is 4. The van der Waals surface area contributed by atoms with Crippen LogP contribution in [0.2, 0.25) is 0 Å². The molecule has 0 spiro atoms. The van der Waals surface area contributed by atoms with Crippen LogP contribution >= 0.6 is 0 Å². The van der Waals surface area contributed by atoms with Crippen molar-refractivity contribution in [3.05, 3.63) is 0 Å². The summed E-state index contributed by atoms with van der Waals surface area (Å²) >= 11 is 0. The summed E-state index contributed by atoms with van der Waals surface area (Å²) in [4.78, 5) is 0. The van der Waals surface area contributed by atoms with Crippen LogP contribution in [0, 0.1) is 0 Å². The Labute approximate surface area is 61.9 Å². The minimum atomic E-state index is -5.17. The van der Waals surface area contributed by atoms with Crippen LogP contribution in [0.4, 0.5) is 0 Å². The van der Waals surface area contributed by atoms with Gasteiger partial charge in [-0.15, -0.1) is 0 Å². The largest absolute Gasteiger partial charge is 2.00 e. The molecule has 0 atom stereocenters. The molecule has 0 saturated heterocycles. The number of rotatable bonds is 0. The van der Waals surface area contributed by atoms with Crippen molar-refractivity contribution in [1.82, 2.24) is 0 Å². The number of hydrogen-bond donors (Lipinski definition) is 0. The molecule has 0 amide bonds. The molecule has 0 N–H and O–H groups in total. The molecule has 0 rings (SSSR count). The van der Waals surface area contributed by atoms with Crippen molar-refractivity contribution in [1.29, 1.82) is 0 Å². The van der Waals surface area contributed by atoms with Crippen LogP contribution in [0.15, 0.2) is 0 Å². The van der Waals surface area contributed by atoms with Gasteiger partial charge in [-0.3, -0.25) is 8.42 Å². The zero-order valence-corrected chi connectivity index (χ0v) is 5.69. The third kappa shape index (κ3) is 206. The summed E-state index contributed by atoms with van der Waals surface area (Å²) in [7, 11) is -5.17. The fourth-order valence-corrected chi connectivity index (χ4v) is 0. The Morgan fingerprint density at radius 1 is 1.14 bits per heavy atom. The van der Waals surface area contributed by atoms with Gasteiger partial charge in [0.1, 0.15) is 0 Å². The van der Waals surface area contributed by atoms with Gasteiger partial charge in [-0.05, 0) is 0 Å².